The van der Waals surface area contributed by atoms with E-state index in [0.29, 0.717) is 32.0 Å². The molecule has 1 aromatic carbocycles. The Morgan fingerprint density at radius 3 is 2.74 bits per heavy atom. The Morgan fingerprint density at radius 1 is 1.42 bits per heavy atom. The van der Waals surface area contributed by atoms with Gasteiger partial charge >= 0.3 is 0 Å². The van der Waals surface area contributed by atoms with E-state index >= 15 is 0 Å². The van der Waals surface area contributed by atoms with Gasteiger partial charge in [0.1, 0.15) is 5.82 Å². The molecule has 0 aliphatic carbocycles. The minimum absolute atomic E-state index is 0.335. The number of carbonyl (C=O) groups excluding carboxylic acids is 1. The summed E-state index contributed by atoms with van der Waals surface area (Å²) in [5.74, 6) is -0.720. The molecule has 1 atom stereocenters. The molecule has 3 N–H and O–H groups in total. The summed E-state index contributed by atoms with van der Waals surface area (Å²) in [6.07, 6.45) is 0. The van der Waals surface area contributed by atoms with Crippen LogP contribution in [0, 0.1) is 5.82 Å². The van der Waals surface area contributed by atoms with Gasteiger partial charge in [0.05, 0.1) is 19.3 Å². The number of ether oxygens (including phenoxy) is 1. The van der Waals surface area contributed by atoms with E-state index in [1.54, 1.807) is 13.0 Å². The molecule has 1 fully saturated rings. The minimum atomic E-state index is -0.630. The van der Waals surface area contributed by atoms with Crippen LogP contribution in [0.3, 0.4) is 0 Å². The van der Waals surface area contributed by atoms with E-state index in [-0.39, 0.29) is 11.7 Å². The number of morpholine rings is 1. The normalized spacial score (nSPS) is 17.1. The zero-order valence-electron chi connectivity index (χ0n) is 10.9. The predicted octanol–water partition coefficient (Wildman–Crippen LogP) is 0.948. The number of nitrogens with one attached hydrogen (secondary N) is 1. The standard InChI is InChI=1S/C13H18FN3O2/c1-9(15)13(18)16-11-6-10(14)7-12(8-11)17-2-4-19-5-3-17/h6-9H,2-5,15H2,1H3,(H,16,18)/t9-/m1/s1. The first-order valence-corrected chi connectivity index (χ1v) is 6.26. The van der Waals surface area contributed by atoms with Crippen molar-refractivity contribution < 1.29 is 13.9 Å². The van der Waals surface area contributed by atoms with Crippen LogP contribution in [-0.4, -0.2) is 38.3 Å². The molecular formula is C13H18FN3O2. The molecule has 0 aromatic heterocycles. The highest BCUT2D eigenvalue weighted by Crippen LogP contribution is 2.22. The second kappa shape index (κ2) is 5.99. The summed E-state index contributed by atoms with van der Waals surface area (Å²) in [4.78, 5) is 13.5. The van der Waals surface area contributed by atoms with Gasteiger partial charge in [-0.2, -0.15) is 0 Å². The Hall–Kier alpha value is -1.66. The van der Waals surface area contributed by atoms with E-state index in [1.807, 2.05) is 4.90 Å². The first-order valence-electron chi connectivity index (χ1n) is 6.26. The van der Waals surface area contributed by atoms with Crippen LogP contribution in [0.4, 0.5) is 15.8 Å². The average Bonchev–Trinajstić information content (AvgIpc) is 2.39. The van der Waals surface area contributed by atoms with Crippen LogP contribution in [0.5, 0.6) is 0 Å². The Morgan fingerprint density at radius 2 is 2.11 bits per heavy atom. The number of nitrogens with zero attached hydrogens (tertiary/aromatic N) is 1. The fraction of sp³-hybridized carbons (Fsp3) is 0.462. The maximum absolute atomic E-state index is 13.6. The Labute approximate surface area is 111 Å². The van der Waals surface area contributed by atoms with Crippen LogP contribution in [-0.2, 0) is 9.53 Å². The molecule has 1 aliphatic rings. The Kier molecular flexibility index (Phi) is 4.34. The van der Waals surface area contributed by atoms with Gasteiger partial charge in [-0.15, -0.1) is 0 Å². The third-order valence-electron chi connectivity index (χ3n) is 2.94. The molecule has 1 amide bonds. The molecule has 1 heterocycles. The minimum Gasteiger partial charge on any atom is -0.378 e. The van der Waals surface area contributed by atoms with Gasteiger partial charge < -0.3 is 20.7 Å². The van der Waals surface area contributed by atoms with Crippen LogP contribution in [0.1, 0.15) is 6.92 Å². The highest BCUT2D eigenvalue weighted by Gasteiger charge is 2.14. The number of hydrogen-bond acceptors (Lipinski definition) is 4. The summed E-state index contributed by atoms with van der Waals surface area (Å²) in [6, 6.07) is 3.85. The third-order valence-corrected chi connectivity index (χ3v) is 2.94. The number of halogens is 1. The van der Waals surface area contributed by atoms with Crippen molar-refractivity contribution in [2.45, 2.75) is 13.0 Å². The third kappa shape index (κ3) is 3.65. The van der Waals surface area contributed by atoms with E-state index in [2.05, 4.69) is 5.32 Å². The first-order chi connectivity index (χ1) is 9.06. The average molecular weight is 267 g/mol. The Bertz CT molecular complexity index is 459. The number of carbonyl (C=O) groups is 1. The van der Waals surface area contributed by atoms with E-state index in [9.17, 15) is 9.18 Å². The van der Waals surface area contributed by atoms with Gasteiger partial charge in [0.15, 0.2) is 0 Å². The van der Waals surface area contributed by atoms with Crippen molar-refractivity contribution in [3.63, 3.8) is 0 Å². The highest BCUT2D eigenvalue weighted by molar-refractivity contribution is 5.94. The Balaban J connectivity index is 2.16. The van der Waals surface area contributed by atoms with Gasteiger partial charge in [-0.3, -0.25) is 4.79 Å². The summed E-state index contributed by atoms with van der Waals surface area (Å²) < 4.78 is 18.8. The molecule has 19 heavy (non-hydrogen) atoms. The fourth-order valence-electron chi connectivity index (χ4n) is 1.91. The molecule has 1 saturated heterocycles. The van der Waals surface area contributed by atoms with E-state index < -0.39 is 6.04 Å². The maximum atomic E-state index is 13.6. The van der Waals surface area contributed by atoms with Crippen molar-refractivity contribution in [1.82, 2.24) is 0 Å². The summed E-state index contributed by atoms with van der Waals surface area (Å²) in [6.45, 7) is 4.25. The number of benzene rings is 1. The van der Waals surface area contributed by atoms with E-state index in [1.165, 1.54) is 12.1 Å². The lowest BCUT2D eigenvalue weighted by Gasteiger charge is -2.29. The number of hydrogen-bond donors (Lipinski definition) is 2. The lowest BCUT2D eigenvalue weighted by Crippen LogP contribution is -2.36. The quantitative estimate of drug-likeness (QED) is 0.855. The molecular weight excluding hydrogens is 249 g/mol. The van der Waals surface area contributed by atoms with Crippen molar-refractivity contribution in [3.8, 4) is 0 Å². The molecule has 5 nitrogen and oxygen atoms in total. The van der Waals surface area contributed by atoms with Crippen molar-refractivity contribution in [2.75, 3.05) is 36.5 Å². The molecule has 0 radical (unpaired) electrons. The first kappa shape index (κ1) is 13.8. The molecule has 1 aromatic rings. The van der Waals surface area contributed by atoms with Gasteiger partial charge in [-0.25, -0.2) is 4.39 Å². The summed E-state index contributed by atoms with van der Waals surface area (Å²) >= 11 is 0. The van der Waals surface area contributed by atoms with Crippen LogP contribution in [0.15, 0.2) is 18.2 Å². The second-order valence-corrected chi connectivity index (χ2v) is 4.58. The van der Waals surface area contributed by atoms with Crippen LogP contribution < -0.4 is 16.0 Å². The molecule has 2 rings (SSSR count). The fourth-order valence-corrected chi connectivity index (χ4v) is 1.91. The molecule has 0 unspecified atom stereocenters. The van der Waals surface area contributed by atoms with Gasteiger partial charge in [-0.05, 0) is 25.1 Å². The zero-order valence-corrected chi connectivity index (χ0v) is 10.9. The lowest BCUT2D eigenvalue weighted by molar-refractivity contribution is -0.117. The van der Waals surface area contributed by atoms with Gasteiger partial charge in [-0.1, -0.05) is 0 Å². The van der Waals surface area contributed by atoms with Crippen molar-refractivity contribution in [1.29, 1.82) is 0 Å². The second-order valence-electron chi connectivity index (χ2n) is 4.58. The molecule has 0 spiro atoms. The number of amides is 1. The van der Waals surface area contributed by atoms with Gasteiger partial charge in [0.2, 0.25) is 5.91 Å². The summed E-state index contributed by atoms with van der Waals surface area (Å²) in [7, 11) is 0. The number of rotatable bonds is 3. The summed E-state index contributed by atoms with van der Waals surface area (Å²) in [5, 5.41) is 2.60. The smallest absolute Gasteiger partial charge is 0.241 e. The van der Waals surface area contributed by atoms with Crippen molar-refractivity contribution in [2.24, 2.45) is 5.73 Å². The van der Waals surface area contributed by atoms with Crippen molar-refractivity contribution >= 4 is 17.3 Å². The van der Waals surface area contributed by atoms with Crippen LogP contribution >= 0.6 is 0 Å². The highest BCUT2D eigenvalue weighted by atomic mass is 19.1. The largest absolute Gasteiger partial charge is 0.378 e. The zero-order chi connectivity index (χ0) is 13.8. The lowest BCUT2D eigenvalue weighted by atomic mass is 10.2. The molecule has 6 heteroatoms. The van der Waals surface area contributed by atoms with Gasteiger partial charge in [0, 0.05) is 24.5 Å². The maximum Gasteiger partial charge on any atom is 0.241 e. The summed E-state index contributed by atoms with van der Waals surface area (Å²) in [5.41, 5.74) is 6.63. The topological polar surface area (TPSA) is 67.6 Å². The van der Waals surface area contributed by atoms with Gasteiger partial charge in [0.25, 0.3) is 0 Å². The van der Waals surface area contributed by atoms with Crippen molar-refractivity contribution in [3.05, 3.63) is 24.0 Å². The SMILES string of the molecule is C[C@@H](N)C(=O)Nc1cc(F)cc(N2CCOCC2)c1. The van der Waals surface area contributed by atoms with Crippen LogP contribution in [0.25, 0.3) is 0 Å². The molecule has 104 valence electrons. The van der Waals surface area contributed by atoms with E-state index in [4.69, 9.17) is 10.5 Å². The van der Waals surface area contributed by atoms with Crippen LogP contribution in [0.2, 0.25) is 0 Å². The molecule has 0 saturated carbocycles. The van der Waals surface area contributed by atoms with E-state index in [0.717, 1.165) is 5.69 Å². The molecule has 0 bridgehead atoms. The molecule has 1 aliphatic heterocycles. The number of anilines is 2. The predicted molar refractivity (Wildman–Crippen MR) is 71.7 cm³/mol. The number of nitrogens with two attached hydrogens (primary N) is 1. The monoisotopic (exact) mass is 267 g/mol.